The van der Waals surface area contributed by atoms with Gasteiger partial charge in [0.05, 0.1) is 22.8 Å². The van der Waals surface area contributed by atoms with E-state index in [-0.39, 0.29) is 0 Å². The highest BCUT2D eigenvalue weighted by Crippen LogP contribution is 2.28. The molecule has 3 rings (SSSR count). The highest BCUT2D eigenvalue weighted by atomic mass is 35.5. The van der Waals surface area contributed by atoms with E-state index < -0.39 is 0 Å². The molecule has 0 radical (unpaired) electrons. The smallest absolute Gasteiger partial charge is 0.229 e. The maximum Gasteiger partial charge on any atom is 0.229 e. The Hall–Kier alpha value is -2.50. The van der Waals surface area contributed by atoms with Crippen LogP contribution in [0.2, 0.25) is 10.0 Å². The fourth-order valence-electron chi connectivity index (χ4n) is 2.08. The molecule has 0 aliphatic heterocycles. The molecule has 122 valence electrons. The standard InChI is InChI=1S/C17H14Cl2N4O/c1-24-15-5-3-2-4-14(15)22-16-8-9-20-17(23-16)21-11-6-7-12(18)13(19)10-11/h2-10H,1H3,(H2,20,21,22,23). The molecule has 5 nitrogen and oxygen atoms in total. The van der Waals surface area contributed by atoms with Gasteiger partial charge in [-0.2, -0.15) is 4.98 Å². The Morgan fingerprint density at radius 3 is 2.58 bits per heavy atom. The number of hydrogen-bond donors (Lipinski definition) is 2. The van der Waals surface area contributed by atoms with Crippen LogP contribution in [-0.2, 0) is 0 Å². The van der Waals surface area contributed by atoms with Crippen molar-refractivity contribution in [3.8, 4) is 5.75 Å². The molecule has 1 aromatic heterocycles. The Morgan fingerprint density at radius 2 is 1.79 bits per heavy atom. The van der Waals surface area contributed by atoms with Crippen molar-refractivity contribution in [1.82, 2.24) is 9.97 Å². The van der Waals surface area contributed by atoms with Gasteiger partial charge < -0.3 is 15.4 Å². The zero-order chi connectivity index (χ0) is 16.9. The Kier molecular flexibility index (Phi) is 5.03. The fourth-order valence-corrected chi connectivity index (χ4v) is 2.38. The van der Waals surface area contributed by atoms with Crippen LogP contribution < -0.4 is 15.4 Å². The molecule has 0 saturated heterocycles. The largest absolute Gasteiger partial charge is 0.495 e. The first-order valence-electron chi connectivity index (χ1n) is 7.11. The van der Waals surface area contributed by atoms with Crippen molar-refractivity contribution in [2.75, 3.05) is 17.7 Å². The summed E-state index contributed by atoms with van der Waals surface area (Å²) >= 11 is 11.9. The summed E-state index contributed by atoms with van der Waals surface area (Å²) in [6.07, 6.45) is 1.66. The van der Waals surface area contributed by atoms with Crippen molar-refractivity contribution in [1.29, 1.82) is 0 Å². The number of halogens is 2. The second kappa shape index (κ2) is 7.38. The quantitative estimate of drug-likeness (QED) is 0.648. The van der Waals surface area contributed by atoms with Crippen LogP contribution in [0.4, 0.5) is 23.1 Å². The SMILES string of the molecule is COc1ccccc1Nc1ccnc(Nc2ccc(Cl)c(Cl)c2)n1. The Balaban J connectivity index is 1.80. The summed E-state index contributed by atoms with van der Waals surface area (Å²) in [5.74, 6) is 1.81. The first kappa shape index (κ1) is 16.4. The van der Waals surface area contributed by atoms with Gasteiger partial charge in [0.1, 0.15) is 11.6 Å². The van der Waals surface area contributed by atoms with Crippen LogP contribution in [-0.4, -0.2) is 17.1 Å². The number of rotatable bonds is 5. The van der Waals surface area contributed by atoms with Gasteiger partial charge in [-0.1, -0.05) is 35.3 Å². The Labute approximate surface area is 149 Å². The topological polar surface area (TPSA) is 59.1 Å². The van der Waals surface area contributed by atoms with Gasteiger partial charge in [-0.3, -0.25) is 0 Å². The monoisotopic (exact) mass is 360 g/mol. The summed E-state index contributed by atoms with van der Waals surface area (Å²) in [6, 6.07) is 14.6. The van der Waals surface area contributed by atoms with Gasteiger partial charge >= 0.3 is 0 Å². The van der Waals surface area contributed by atoms with Gasteiger partial charge in [-0.15, -0.1) is 0 Å². The van der Waals surface area contributed by atoms with Crippen LogP contribution in [0.25, 0.3) is 0 Å². The molecule has 0 fully saturated rings. The van der Waals surface area contributed by atoms with Gasteiger partial charge in [-0.25, -0.2) is 4.98 Å². The first-order valence-corrected chi connectivity index (χ1v) is 7.86. The van der Waals surface area contributed by atoms with E-state index in [1.165, 1.54) is 0 Å². The lowest BCUT2D eigenvalue weighted by atomic mass is 10.3. The summed E-state index contributed by atoms with van der Waals surface area (Å²) in [5, 5.41) is 7.26. The summed E-state index contributed by atoms with van der Waals surface area (Å²) in [4.78, 5) is 8.63. The Morgan fingerprint density at radius 1 is 0.958 bits per heavy atom. The van der Waals surface area contributed by atoms with Gasteiger partial charge in [0.15, 0.2) is 0 Å². The van der Waals surface area contributed by atoms with Gasteiger partial charge in [0.2, 0.25) is 5.95 Å². The van der Waals surface area contributed by atoms with Crippen LogP contribution in [0.5, 0.6) is 5.75 Å². The number of methoxy groups -OCH3 is 1. The number of anilines is 4. The molecular weight excluding hydrogens is 347 g/mol. The maximum atomic E-state index is 6.01. The third kappa shape index (κ3) is 3.88. The van der Waals surface area contributed by atoms with E-state index in [0.717, 1.165) is 17.1 Å². The van der Waals surface area contributed by atoms with E-state index in [0.29, 0.717) is 21.8 Å². The molecule has 0 spiro atoms. The van der Waals surface area contributed by atoms with Crippen LogP contribution >= 0.6 is 23.2 Å². The molecule has 0 bridgehead atoms. The molecule has 0 saturated carbocycles. The van der Waals surface area contributed by atoms with Gasteiger partial charge in [0.25, 0.3) is 0 Å². The lowest BCUT2D eigenvalue weighted by Gasteiger charge is -2.11. The van der Waals surface area contributed by atoms with E-state index in [1.54, 1.807) is 37.6 Å². The molecule has 2 aromatic carbocycles. The van der Waals surface area contributed by atoms with Crippen LogP contribution in [0.1, 0.15) is 0 Å². The predicted octanol–water partition coefficient (Wildman–Crippen LogP) is 5.28. The molecule has 1 heterocycles. The number of nitrogens with zero attached hydrogens (tertiary/aromatic N) is 2. The minimum Gasteiger partial charge on any atom is -0.495 e. The molecule has 0 aliphatic carbocycles. The third-order valence-corrected chi connectivity index (χ3v) is 3.94. The molecule has 0 unspecified atom stereocenters. The van der Waals surface area contributed by atoms with E-state index in [1.807, 2.05) is 24.3 Å². The van der Waals surface area contributed by atoms with Crippen molar-refractivity contribution in [2.24, 2.45) is 0 Å². The van der Waals surface area contributed by atoms with Gasteiger partial charge in [-0.05, 0) is 36.4 Å². The van der Waals surface area contributed by atoms with Crippen LogP contribution in [0.3, 0.4) is 0 Å². The average molecular weight is 361 g/mol. The highest BCUT2D eigenvalue weighted by Gasteiger charge is 2.05. The first-order chi connectivity index (χ1) is 11.7. The summed E-state index contributed by atoms with van der Waals surface area (Å²) in [7, 11) is 1.62. The number of nitrogens with one attached hydrogen (secondary N) is 2. The molecule has 0 atom stereocenters. The van der Waals surface area contributed by atoms with E-state index in [2.05, 4.69) is 20.6 Å². The second-order valence-corrected chi connectivity index (χ2v) is 5.66. The van der Waals surface area contributed by atoms with Crippen molar-refractivity contribution in [3.05, 3.63) is 64.8 Å². The Bertz CT molecular complexity index is 857. The molecule has 0 amide bonds. The summed E-state index contributed by atoms with van der Waals surface area (Å²) in [6.45, 7) is 0. The van der Waals surface area contributed by atoms with Gasteiger partial charge in [0, 0.05) is 11.9 Å². The number of hydrogen-bond acceptors (Lipinski definition) is 5. The van der Waals surface area contributed by atoms with Crippen molar-refractivity contribution in [2.45, 2.75) is 0 Å². The van der Waals surface area contributed by atoms with E-state index >= 15 is 0 Å². The number of ether oxygens (including phenoxy) is 1. The van der Waals surface area contributed by atoms with E-state index in [4.69, 9.17) is 27.9 Å². The molecule has 3 aromatic rings. The summed E-state index contributed by atoms with van der Waals surface area (Å²) < 4.78 is 5.32. The molecule has 7 heteroatoms. The third-order valence-electron chi connectivity index (χ3n) is 3.20. The number of benzene rings is 2. The molecule has 24 heavy (non-hydrogen) atoms. The fraction of sp³-hybridized carbons (Fsp3) is 0.0588. The molecular formula is C17H14Cl2N4O. The van der Waals surface area contributed by atoms with E-state index in [9.17, 15) is 0 Å². The van der Waals surface area contributed by atoms with Crippen LogP contribution in [0, 0.1) is 0 Å². The second-order valence-electron chi connectivity index (χ2n) is 4.84. The van der Waals surface area contributed by atoms with Crippen molar-refractivity contribution in [3.63, 3.8) is 0 Å². The minimum atomic E-state index is 0.438. The summed E-state index contributed by atoms with van der Waals surface area (Å²) in [5.41, 5.74) is 1.57. The zero-order valence-electron chi connectivity index (χ0n) is 12.8. The normalized spacial score (nSPS) is 10.3. The lowest BCUT2D eigenvalue weighted by Crippen LogP contribution is -2.01. The minimum absolute atomic E-state index is 0.438. The van der Waals surface area contributed by atoms with Crippen molar-refractivity contribution < 1.29 is 4.74 Å². The lowest BCUT2D eigenvalue weighted by molar-refractivity contribution is 0.417. The maximum absolute atomic E-state index is 6.01. The number of aromatic nitrogens is 2. The number of para-hydroxylation sites is 2. The van der Waals surface area contributed by atoms with Crippen molar-refractivity contribution >= 4 is 46.3 Å². The zero-order valence-corrected chi connectivity index (χ0v) is 14.3. The average Bonchev–Trinajstić information content (AvgIpc) is 2.59. The van der Waals surface area contributed by atoms with Crippen LogP contribution in [0.15, 0.2) is 54.7 Å². The molecule has 0 aliphatic rings. The predicted molar refractivity (Wildman–Crippen MR) is 98.1 cm³/mol. The highest BCUT2D eigenvalue weighted by molar-refractivity contribution is 6.42. The molecule has 2 N–H and O–H groups in total.